The fourth-order valence-corrected chi connectivity index (χ4v) is 5.09. The summed E-state index contributed by atoms with van der Waals surface area (Å²) in [7, 11) is 0. The second-order valence-electron chi connectivity index (χ2n) is 5.92. The molecule has 5 heteroatoms. The minimum Gasteiger partial charge on any atom is -0.464 e. The topological polar surface area (TPSA) is 28.7 Å². The Morgan fingerprint density at radius 1 is 1.36 bits per heavy atom. The van der Waals surface area contributed by atoms with Crippen LogP contribution >= 0.6 is 23.5 Å². The summed E-state index contributed by atoms with van der Waals surface area (Å²) in [5.41, 5.74) is 3.62. The van der Waals surface area contributed by atoms with Crippen molar-refractivity contribution in [2.24, 2.45) is 10.9 Å². The SMILES string of the molecule is CSc1cc(C2=C(C3CC3)SC3=NCCN32)c2occc2c1. The van der Waals surface area contributed by atoms with Crippen LogP contribution in [0.1, 0.15) is 18.4 Å². The molecule has 0 spiro atoms. The third kappa shape index (κ3) is 1.88. The van der Waals surface area contributed by atoms with E-state index >= 15 is 0 Å². The standard InChI is InChI=1S/C17H16N2OS2/c1-21-12-8-11-4-7-20-15(11)13(9-12)14-16(10-2-3-10)22-17-18-5-6-19(14)17/h4,7-10H,2-3,5-6H2,1H3. The summed E-state index contributed by atoms with van der Waals surface area (Å²) in [6, 6.07) is 6.57. The molecule has 0 N–H and O–H groups in total. The number of furan rings is 1. The van der Waals surface area contributed by atoms with Crippen molar-refractivity contribution in [1.82, 2.24) is 4.90 Å². The van der Waals surface area contributed by atoms with Crippen LogP contribution in [0.2, 0.25) is 0 Å². The smallest absolute Gasteiger partial charge is 0.168 e. The van der Waals surface area contributed by atoms with Crippen molar-refractivity contribution in [3.63, 3.8) is 0 Å². The zero-order chi connectivity index (χ0) is 14.7. The first kappa shape index (κ1) is 13.1. The van der Waals surface area contributed by atoms with Crippen molar-refractivity contribution < 1.29 is 4.42 Å². The highest BCUT2D eigenvalue weighted by Gasteiger charge is 2.40. The highest BCUT2D eigenvalue weighted by Crippen LogP contribution is 2.53. The molecule has 0 atom stereocenters. The van der Waals surface area contributed by atoms with Crippen LogP contribution < -0.4 is 0 Å². The van der Waals surface area contributed by atoms with Gasteiger partial charge in [0.2, 0.25) is 0 Å². The van der Waals surface area contributed by atoms with Crippen LogP contribution in [0, 0.1) is 5.92 Å². The summed E-state index contributed by atoms with van der Waals surface area (Å²) >= 11 is 3.68. The highest BCUT2D eigenvalue weighted by atomic mass is 32.2. The largest absolute Gasteiger partial charge is 0.464 e. The average Bonchev–Trinajstić information content (AvgIpc) is 2.97. The lowest BCUT2D eigenvalue weighted by atomic mass is 10.1. The van der Waals surface area contributed by atoms with E-state index in [1.807, 2.05) is 11.8 Å². The molecule has 22 heavy (non-hydrogen) atoms. The molecule has 3 nitrogen and oxygen atoms in total. The number of hydrogen-bond donors (Lipinski definition) is 0. The van der Waals surface area contributed by atoms with Crippen LogP contribution in [-0.4, -0.2) is 29.4 Å². The van der Waals surface area contributed by atoms with Gasteiger partial charge in [0.05, 0.1) is 18.5 Å². The van der Waals surface area contributed by atoms with Crippen LogP contribution in [0.25, 0.3) is 16.7 Å². The number of rotatable bonds is 3. The number of amidine groups is 1. The summed E-state index contributed by atoms with van der Waals surface area (Å²) in [5.74, 6) is 0.733. The Kier molecular flexibility index (Phi) is 2.89. The highest BCUT2D eigenvalue weighted by molar-refractivity contribution is 8.17. The second-order valence-corrected chi connectivity index (χ2v) is 7.81. The second kappa shape index (κ2) is 4.83. The maximum absolute atomic E-state index is 5.84. The number of nitrogens with zero attached hydrogens (tertiary/aromatic N) is 2. The van der Waals surface area contributed by atoms with Crippen LogP contribution in [0.15, 0.2) is 43.7 Å². The molecule has 1 aliphatic carbocycles. The fourth-order valence-electron chi connectivity index (χ4n) is 3.25. The van der Waals surface area contributed by atoms with Crippen molar-refractivity contribution in [2.45, 2.75) is 17.7 Å². The Labute approximate surface area is 137 Å². The first-order valence-corrected chi connectivity index (χ1v) is 9.69. The molecule has 1 fully saturated rings. The lowest BCUT2D eigenvalue weighted by Crippen LogP contribution is -2.20. The van der Waals surface area contributed by atoms with E-state index < -0.39 is 0 Å². The molecule has 0 saturated heterocycles. The van der Waals surface area contributed by atoms with Gasteiger partial charge in [0, 0.05) is 27.3 Å². The average molecular weight is 328 g/mol. The van der Waals surface area contributed by atoms with Crippen LogP contribution in [-0.2, 0) is 0 Å². The molecule has 1 saturated carbocycles. The van der Waals surface area contributed by atoms with Gasteiger partial charge in [0.1, 0.15) is 5.58 Å². The Hall–Kier alpha value is -1.33. The van der Waals surface area contributed by atoms with Gasteiger partial charge in [-0.15, -0.1) is 11.8 Å². The van der Waals surface area contributed by atoms with E-state index in [0.717, 1.165) is 24.6 Å². The minimum absolute atomic E-state index is 0.733. The van der Waals surface area contributed by atoms with Crippen LogP contribution in [0.3, 0.4) is 0 Å². The number of aliphatic imine (C=N–C) groups is 1. The molecule has 2 aromatic rings. The first-order chi connectivity index (χ1) is 10.8. The van der Waals surface area contributed by atoms with Gasteiger partial charge in [-0.3, -0.25) is 4.99 Å². The molecule has 112 valence electrons. The van der Waals surface area contributed by atoms with Gasteiger partial charge in [-0.1, -0.05) is 11.8 Å². The van der Waals surface area contributed by atoms with E-state index in [9.17, 15) is 0 Å². The molecule has 3 heterocycles. The van der Waals surface area contributed by atoms with Crippen molar-refractivity contribution >= 4 is 45.4 Å². The Morgan fingerprint density at radius 3 is 3.09 bits per heavy atom. The zero-order valence-electron chi connectivity index (χ0n) is 12.3. The molecule has 0 bridgehead atoms. The third-order valence-electron chi connectivity index (χ3n) is 4.47. The monoisotopic (exact) mass is 328 g/mol. The summed E-state index contributed by atoms with van der Waals surface area (Å²) < 4.78 is 5.84. The molecular formula is C17H16N2OS2. The molecule has 0 unspecified atom stereocenters. The molecule has 0 amide bonds. The van der Waals surface area contributed by atoms with E-state index in [0.29, 0.717) is 0 Å². The molecule has 0 radical (unpaired) electrons. The maximum atomic E-state index is 5.84. The number of thioether (sulfide) groups is 2. The normalized spacial score (nSPS) is 21.0. The van der Waals surface area contributed by atoms with Crippen molar-refractivity contribution in [3.8, 4) is 0 Å². The summed E-state index contributed by atoms with van der Waals surface area (Å²) in [4.78, 5) is 9.88. The molecular weight excluding hydrogens is 312 g/mol. The Balaban J connectivity index is 1.76. The number of benzene rings is 1. The Bertz CT molecular complexity index is 832. The third-order valence-corrected chi connectivity index (χ3v) is 6.46. The van der Waals surface area contributed by atoms with Gasteiger partial charge in [0.25, 0.3) is 0 Å². The molecule has 3 aliphatic rings. The lowest BCUT2D eigenvalue weighted by molar-refractivity contribution is 0.607. The maximum Gasteiger partial charge on any atom is 0.168 e. The van der Waals surface area contributed by atoms with Gasteiger partial charge < -0.3 is 9.32 Å². The molecule has 1 aromatic carbocycles. The van der Waals surface area contributed by atoms with Crippen molar-refractivity contribution in [3.05, 3.63) is 34.9 Å². The number of fused-ring (bicyclic) bond motifs is 2. The van der Waals surface area contributed by atoms with Gasteiger partial charge in [-0.2, -0.15) is 0 Å². The number of allylic oxidation sites excluding steroid dienone is 1. The van der Waals surface area contributed by atoms with E-state index in [4.69, 9.17) is 4.42 Å². The van der Waals surface area contributed by atoms with E-state index in [1.165, 1.54) is 44.5 Å². The van der Waals surface area contributed by atoms with E-state index in [-0.39, 0.29) is 0 Å². The van der Waals surface area contributed by atoms with E-state index in [2.05, 4.69) is 34.3 Å². The summed E-state index contributed by atoms with van der Waals surface area (Å²) in [5, 5.41) is 2.38. The molecule has 1 aromatic heterocycles. The Morgan fingerprint density at radius 2 is 2.27 bits per heavy atom. The van der Waals surface area contributed by atoms with Gasteiger partial charge in [0.15, 0.2) is 5.17 Å². The predicted molar refractivity (Wildman–Crippen MR) is 94.2 cm³/mol. The van der Waals surface area contributed by atoms with Crippen molar-refractivity contribution in [2.75, 3.05) is 19.3 Å². The quantitative estimate of drug-likeness (QED) is 0.767. The summed E-state index contributed by atoms with van der Waals surface area (Å²) in [6.07, 6.45) is 6.57. The predicted octanol–water partition coefficient (Wildman–Crippen LogP) is 4.65. The summed E-state index contributed by atoms with van der Waals surface area (Å²) in [6.45, 7) is 1.91. The van der Waals surface area contributed by atoms with E-state index in [1.54, 1.807) is 18.0 Å². The fraction of sp³-hybridized carbons (Fsp3) is 0.353. The minimum atomic E-state index is 0.733. The zero-order valence-corrected chi connectivity index (χ0v) is 14.0. The lowest BCUT2D eigenvalue weighted by Gasteiger charge is -2.18. The molecule has 5 rings (SSSR count). The number of hydrogen-bond acceptors (Lipinski definition) is 5. The first-order valence-electron chi connectivity index (χ1n) is 7.65. The molecule has 2 aliphatic heterocycles. The van der Waals surface area contributed by atoms with Gasteiger partial charge in [-0.05, 0) is 43.2 Å². The van der Waals surface area contributed by atoms with Crippen molar-refractivity contribution in [1.29, 1.82) is 0 Å². The van der Waals surface area contributed by atoms with Gasteiger partial charge >= 0.3 is 0 Å². The van der Waals surface area contributed by atoms with Crippen LogP contribution in [0.4, 0.5) is 0 Å². The van der Waals surface area contributed by atoms with Gasteiger partial charge in [-0.25, -0.2) is 0 Å². The van der Waals surface area contributed by atoms with Crippen LogP contribution in [0.5, 0.6) is 0 Å².